The molecule has 0 amide bonds. The third-order valence-electron chi connectivity index (χ3n) is 4.74. The van der Waals surface area contributed by atoms with E-state index < -0.39 is 0 Å². The van der Waals surface area contributed by atoms with E-state index >= 15 is 0 Å². The molecule has 0 aliphatic heterocycles. The van der Waals surface area contributed by atoms with Gasteiger partial charge in [0.1, 0.15) is 0 Å². The van der Waals surface area contributed by atoms with E-state index in [1.54, 1.807) is 0 Å². The highest BCUT2D eigenvalue weighted by Crippen LogP contribution is 2.49. The van der Waals surface area contributed by atoms with E-state index in [1.165, 1.54) is 36.8 Å². The lowest BCUT2D eigenvalue weighted by molar-refractivity contribution is 0.315. The first-order valence-electron chi connectivity index (χ1n) is 7.47. The molecule has 1 aromatic carbocycles. The van der Waals surface area contributed by atoms with Crippen LogP contribution >= 0.6 is 0 Å². The van der Waals surface area contributed by atoms with Gasteiger partial charge in [-0.05, 0) is 25.5 Å². The number of likely N-dealkylation sites (N-methyl/N-ethyl adjacent to an activating group) is 1. The molecule has 1 aliphatic carbocycles. The van der Waals surface area contributed by atoms with Gasteiger partial charge in [-0.15, -0.1) is 0 Å². The summed E-state index contributed by atoms with van der Waals surface area (Å²) in [5.41, 5.74) is 2.96. The Morgan fingerprint density at radius 2 is 1.90 bits per heavy atom. The van der Waals surface area contributed by atoms with Crippen LogP contribution < -0.4 is 5.32 Å². The number of hydrogen-bond acceptors (Lipinski definition) is 2. The molecule has 3 rings (SSSR count). The molecule has 2 aromatic rings. The maximum Gasteiger partial charge on any atom is 0.0537 e. The minimum Gasteiger partial charge on any atom is -0.312 e. The minimum absolute atomic E-state index is 0.207. The van der Waals surface area contributed by atoms with Gasteiger partial charge >= 0.3 is 0 Å². The second-order valence-electron chi connectivity index (χ2n) is 5.90. The Hall–Kier alpha value is -1.61. The first-order chi connectivity index (χ1) is 9.76. The van der Waals surface area contributed by atoms with Gasteiger partial charge in [0.15, 0.2) is 0 Å². The Bertz CT molecular complexity index is 553. The number of benzene rings is 1. The van der Waals surface area contributed by atoms with Crippen molar-refractivity contribution in [3.05, 3.63) is 53.9 Å². The molecule has 1 aromatic heterocycles. The molecule has 20 heavy (non-hydrogen) atoms. The number of aryl methyl sites for hydroxylation is 1. The van der Waals surface area contributed by atoms with Crippen LogP contribution in [0.25, 0.3) is 0 Å². The molecular weight excluding hydrogens is 246 g/mol. The van der Waals surface area contributed by atoms with Gasteiger partial charge in [-0.3, -0.25) is 4.68 Å². The standard InChI is InChI=1S/C17H23N3/c1-18-16(14-12-19-20(2)13-14)17(10-6-7-11-17)15-8-4-3-5-9-15/h3-5,8-9,12-13,16,18H,6-7,10-11H2,1-2H3. The third-order valence-corrected chi connectivity index (χ3v) is 4.74. The van der Waals surface area contributed by atoms with Crippen LogP contribution in [-0.4, -0.2) is 16.8 Å². The Morgan fingerprint density at radius 1 is 1.20 bits per heavy atom. The van der Waals surface area contributed by atoms with E-state index in [2.05, 4.69) is 54.0 Å². The van der Waals surface area contributed by atoms with Crippen LogP contribution in [0.1, 0.15) is 42.9 Å². The maximum atomic E-state index is 4.36. The predicted octanol–water partition coefficient (Wildman–Crippen LogP) is 3.19. The van der Waals surface area contributed by atoms with E-state index in [9.17, 15) is 0 Å². The Kier molecular flexibility index (Phi) is 3.62. The van der Waals surface area contributed by atoms with Gasteiger partial charge in [-0.2, -0.15) is 5.10 Å². The van der Waals surface area contributed by atoms with Gasteiger partial charge in [0, 0.05) is 30.3 Å². The van der Waals surface area contributed by atoms with Gasteiger partial charge in [0.2, 0.25) is 0 Å². The first-order valence-corrected chi connectivity index (χ1v) is 7.47. The average Bonchev–Trinajstić information content (AvgIpc) is 3.12. The number of hydrogen-bond donors (Lipinski definition) is 1. The van der Waals surface area contributed by atoms with Crippen molar-refractivity contribution in [1.29, 1.82) is 0 Å². The third kappa shape index (κ3) is 2.16. The monoisotopic (exact) mass is 269 g/mol. The van der Waals surface area contributed by atoms with Crippen molar-refractivity contribution in [2.45, 2.75) is 37.1 Å². The van der Waals surface area contributed by atoms with Crippen molar-refractivity contribution in [2.24, 2.45) is 7.05 Å². The first kappa shape index (κ1) is 13.4. The molecular formula is C17H23N3. The van der Waals surface area contributed by atoms with Gasteiger partial charge in [-0.25, -0.2) is 0 Å². The average molecular weight is 269 g/mol. The summed E-state index contributed by atoms with van der Waals surface area (Å²) in [5.74, 6) is 0. The zero-order chi connectivity index (χ0) is 14.0. The number of aromatic nitrogens is 2. The van der Waals surface area contributed by atoms with Crippen LogP contribution in [0.3, 0.4) is 0 Å². The quantitative estimate of drug-likeness (QED) is 0.923. The molecule has 1 atom stereocenters. The topological polar surface area (TPSA) is 29.9 Å². The molecule has 106 valence electrons. The molecule has 1 heterocycles. The molecule has 1 fully saturated rings. The number of rotatable bonds is 4. The van der Waals surface area contributed by atoms with Crippen LogP contribution in [0, 0.1) is 0 Å². The van der Waals surface area contributed by atoms with Gasteiger partial charge in [-0.1, -0.05) is 43.2 Å². The smallest absolute Gasteiger partial charge is 0.0537 e. The maximum absolute atomic E-state index is 4.36. The van der Waals surface area contributed by atoms with Crippen LogP contribution in [0.2, 0.25) is 0 Å². The lowest BCUT2D eigenvalue weighted by atomic mass is 9.71. The van der Waals surface area contributed by atoms with Crippen molar-refractivity contribution in [1.82, 2.24) is 15.1 Å². The van der Waals surface area contributed by atoms with Crippen LogP contribution in [-0.2, 0) is 12.5 Å². The van der Waals surface area contributed by atoms with E-state index in [0.717, 1.165) is 0 Å². The van der Waals surface area contributed by atoms with E-state index in [0.29, 0.717) is 6.04 Å². The van der Waals surface area contributed by atoms with Crippen molar-refractivity contribution < 1.29 is 0 Å². The molecule has 3 nitrogen and oxygen atoms in total. The summed E-state index contributed by atoms with van der Waals surface area (Å²) in [6.45, 7) is 0. The highest BCUT2D eigenvalue weighted by Gasteiger charge is 2.43. The summed E-state index contributed by atoms with van der Waals surface area (Å²) < 4.78 is 1.90. The SMILES string of the molecule is CNC(c1cnn(C)c1)C1(c2ccccc2)CCCC1. The zero-order valence-corrected chi connectivity index (χ0v) is 12.3. The van der Waals surface area contributed by atoms with Crippen molar-refractivity contribution in [3.63, 3.8) is 0 Å². The summed E-state index contributed by atoms with van der Waals surface area (Å²) in [6, 6.07) is 11.3. The summed E-state index contributed by atoms with van der Waals surface area (Å²) in [7, 11) is 4.06. The Labute approximate surface area is 121 Å². The van der Waals surface area contributed by atoms with Crippen LogP contribution in [0.15, 0.2) is 42.7 Å². The molecule has 1 N–H and O–H groups in total. The van der Waals surface area contributed by atoms with Gasteiger partial charge in [0.05, 0.1) is 6.20 Å². The van der Waals surface area contributed by atoms with Crippen LogP contribution in [0.5, 0.6) is 0 Å². The van der Waals surface area contributed by atoms with E-state index in [4.69, 9.17) is 0 Å². The zero-order valence-electron chi connectivity index (χ0n) is 12.3. The van der Waals surface area contributed by atoms with Gasteiger partial charge < -0.3 is 5.32 Å². The molecule has 0 saturated heterocycles. The second-order valence-corrected chi connectivity index (χ2v) is 5.90. The minimum atomic E-state index is 0.207. The summed E-state index contributed by atoms with van der Waals surface area (Å²) in [5, 5.41) is 7.92. The molecule has 1 unspecified atom stereocenters. The second kappa shape index (κ2) is 5.41. The summed E-state index contributed by atoms with van der Waals surface area (Å²) in [4.78, 5) is 0. The molecule has 0 spiro atoms. The van der Waals surface area contributed by atoms with Crippen molar-refractivity contribution >= 4 is 0 Å². The normalized spacial score (nSPS) is 19.1. The molecule has 3 heteroatoms. The number of nitrogens with zero attached hydrogens (tertiary/aromatic N) is 2. The highest BCUT2D eigenvalue weighted by atomic mass is 15.2. The van der Waals surface area contributed by atoms with E-state index in [-0.39, 0.29) is 5.41 Å². The summed E-state index contributed by atoms with van der Waals surface area (Å²) in [6.07, 6.45) is 9.27. The van der Waals surface area contributed by atoms with Crippen LogP contribution in [0.4, 0.5) is 0 Å². The van der Waals surface area contributed by atoms with E-state index in [1.807, 2.05) is 17.9 Å². The predicted molar refractivity (Wildman–Crippen MR) is 81.6 cm³/mol. The largest absolute Gasteiger partial charge is 0.312 e. The summed E-state index contributed by atoms with van der Waals surface area (Å²) >= 11 is 0. The Morgan fingerprint density at radius 3 is 2.45 bits per heavy atom. The molecule has 1 saturated carbocycles. The fourth-order valence-electron chi connectivity index (χ4n) is 3.87. The van der Waals surface area contributed by atoms with Crippen molar-refractivity contribution in [3.8, 4) is 0 Å². The van der Waals surface area contributed by atoms with Crippen molar-refractivity contribution in [2.75, 3.05) is 7.05 Å². The lowest BCUT2D eigenvalue weighted by Gasteiger charge is -2.38. The molecule has 0 bridgehead atoms. The fourth-order valence-corrected chi connectivity index (χ4v) is 3.87. The number of nitrogens with one attached hydrogen (secondary N) is 1. The Balaban J connectivity index is 2.05. The van der Waals surface area contributed by atoms with Gasteiger partial charge in [0.25, 0.3) is 0 Å². The molecule has 0 radical (unpaired) electrons. The fraction of sp³-hybridized carbons (Fsp3) is 0.471. The molecule has 1 aliphatic rings. The lowest BCUT2D eigenvalue weighted by Crippen LogP contribution is -2.38. The highest BCUT2D eigenvalue weighted by molar-refractivity contribution is 5.33.